The molecule has 4 aromatic rings. The molecule has 5 heteroatoms. The lowest BCUT2D eigenvalue weighted by Crippen LogP contribution is -1.98. The smallest absolute Gasteiger partial charge is 0.148 e. The highest BCUT2D eigenvalue weighted by Crippen LogP contribution is 2.34. The van der Waals surface area contributed by atoms with Crippen LogP contribution in [0, 0.1) is 11.3 Å². The Kier molecular flexibility index (Phi) is 3.31. The first-order valence-electron chi connectivity index (χ1n) is 8.63. The third-order valence-corrected chi connectivity index (χ3v) is 4.99. The number of fused-ring (bicyclic) bond motifs is 2. The molecule has 5 rings (SSSR count). The highest BCUT2D eigenvalue weighted by atomic mass is 15.0. The molecule has 0 bridgehead atoms. The van der Waals surface area contributed by atoms with Crippen molar-refractivity contribution in [1.82, 2.24) is 19.9 Å². The lowest BCUT2D eigenvalue weighted by atomic mass is 10.0. The van der Waals surface area contributed by atoms with Crippen molar-refractivity contribution in [3.63, 3.8) is 0 Å². The molecule has 2 aromatic carbocycles. The molecule has 0 atom stereocenters. The Bertz CT molecular complexity index is 1260. The summed E-state index contributed by atoms with van der Waals surface area (Å²) in [5.41, 5.74) is 7.63. The van der Waals surface area contributed by atoms with Gasteiger partial charge < -0.3 is 9.88 Å². The van der Waals surface area contributed by atoms with Crippen molar-refractivity contribution in [2.24, 2.45) is 0 Å². The van der Waals surface area contributed by atoms with E-state index < -0.39 is 0 Å². The molecular weight excluding hydrogens is 334 g/mol. The predicted molar refractivity (Wildman–Crippen MR) is 105 cm³/mol. The first-order chi connectivity index (χ1) is 13.3. The molecular formula is C22H15N5. The number of rotatable bonds is 2. The lowest BCUT2D eigenvalue weighted by Gasteiger charge is -2.07. The second-order valence-corrected chi connectivity index (χ2v) is 6.50. The van der Waals surface area contributed by atoms with E-state index in [1.54, 1.807) is 12.5 Å². The molecule has 128 valence electrons. The van der Waals surface area contributed by atoms with Crippen LogP contribution in [-0.4, -0.2) is 14.5 Å². The number of hydrogen-bond donors (Lipinski definition) is 1. The first-order valence-corrected chi connectivity index (χ1v) is 8.63. The Hall–Kier alpha value is -3.91. The van der Waals surface area contributed by atoms with Crippen LogP contribution in [0.15, 0.2) is 67.8 Å². The molecule has 0 amide bonds. The molecule has 0 saturated heterocycles. The van der Waals surface area contributed by atoms with Crippen molar-refractivity contribution in [3.8, 4) is 22.9 Å². The van der Waals surface area contributed by atoms with Gasteiger partial charge in [-0.1, -0.05) is 30.8 Å². The second-order valence-electron chi connectivity index (χ2n) is 6.50. The van der Waals surface area contributed by atoms with Crippen molar-refractivity contribution in [2.75, 3.05) is 0 Å². The summed E-state index contributed by atoms with van der Waals surface area (Å²) in [6.07, 6.45) is 5.39. The van der Waals surface area contributed by atoms with Gasteiger partial charge in [-0.3, -0.25) is 0 Å². The quantitative estimate of drug-likeness (QED) is 0.593. The molecule has 3 heterocycles. The highest BCUT2D eigenvalue weighted by molar-refractivity contribution is 5.96. The summed E-state index contributed by atoms with van der Waals surface area (Å²) < 4.78 is 2.06. The fourth-order valence-electron chi connectivity index (χ4n) is 3.66. The SMILES string of the molecule is C=C1NCc2cc(-n3cc(-c4ccccc4C#N)c4cncnc43)ccc21. The van der Waals surface area contributed by atoms with E-state index in [1.807, 2.05) is 30.5 Å². The number of nitriles is 1. The van der Waals surface area contributed by atoms with Gasteiger partial charge in [-0.05, 0) is 23.8 Å². The maximum absolute atomic E-state index is 9.50. The fourth-order valence-corrected chi connectivity index (χ4v) is 3.66. The summed E-state index contributed by atoms with van der Waals surface area (Å²) in [7, 11) is 0. The van der Waals surface area contributed by atoms with Crippen molar-refractivity contribution >= 4 is 16.7 Å². The molecule has 0 saturated carbocycles. The molecule has 1 N–H and O–H groups in total. The normalized spacial score (nSPS) is 12.6. The van der Waals surface area contributed by atoms with Crippen molar-refractivity contribution in [1.29, 1.82) is 5.26 Å². The summed E-state index contributed by atoms with van der Waals surface area (Å²) in [6.45, 7) is 4.82. The molecule has 0 fully saturated rings. The van der Waals surface area contributed by atoms with Gasteiger partial charge in [0.25, 0.3) is 0 Å². The minimum Gasteiger partial charge on any atom is -0.381 e. The van der Waals surface area contributed by atoms with Crippen LogP contribution in [0.5, 0.6) is 0 Å². The van der Waals surface area contributed by atoms with Gasteiger partial charge in [0.05, 0.1) is 11.6 Å². The largest absolute Gasteiger partial charge is 0.381 e. The Morgan fingerprint density at radius 3 is 2.89 bits per heavy atom. The summed E-state index contributed by atoms with van der Waals surface area (Å²) in [5.74, 6) is 0. The zero-order chi connectivity index (χ0) is 18.4. The Morgan fingerprint density at radius 2 is 2.00 bits per heavy atom. The van der Waals surface area contributed by atoms with Crippen LogP contribution in [0.2, 0.25) is 0 Å². The van der Waals surface area contributed by atoms with E-state index in [0.717, 1.165) is 45.7 Å². The Labute approximate surface area is 156 Å². The van der Waals surface area contributed by atoms with Gasteiger partial charge in [0.15, 0.2) is 0 Å². The van der Waals surface area contributed by atoms with Crippen molar-refractivity contribution in [3.05, 3.63) is 84.5 Å². The van der Waals surface area contributed by atoms with Gasteiger partial charge in [0.1, 0.15) is 12.0 Å². The van der Waals surface area contributed by atoms with E-state index in [2.05, 4.69) is 50.7 Å². The van der Waals surface area contributed by atoms with Crippen molar-refractivity contribution < 1.29 is 0 Å². The summed E-state index contributed by atoms with van der Waals surface area (Å²) >= 11 is 0. The van der Waals surface area contributed by atoms with Crippen LogP contribution in [0.3, 0.4) is 0 Å². The number of aromatic nitrogens is 3. The molecule has 1 aliphatic heterocycles. The minimum atomic E-state index is 0.634. The molecule has 1 aliphatic rings. The molecule has 0 aliphatic carbocycles. The van der Waals surface area contributed by atoms with Crippen LogP contribution in [0.4, 0.5) is 0 Å². The van der Waals surface area contributed by atoms with Crippen LogP contribution >= 0.6 is 0 Å². The van der Waals surface area contributed by atoms with E-state index in [0.29, 0.717) is 5.56 Å². The maximum atomic E-state index is 9.50. The molecule has 0 spiro atoms. The van der Waals surface area contributed by atoms with Gasteiger partial charge in [-0.15, -0.1) is 0 Å². The average Bonchev–Trinajstić information content (AvgIpc) is 3.29. The van der Waals surface area contributed by atoms with E-state index in [-0.39, 0.29) is 0 Å². The number of nitrogens with one attached hydrogen (secondary N) is 1. The summed E-state index contributed by atoms with van der Waals surface area (Å²) in [5, 5.41) is 13.7. The van der Waals surface area contributed by atoms with E-state index >= 15 is 0 Å². The zero-order valence-electron chi connectivity index (χ0n) is 14.5. The third kappa shape index (κ3) is 2.31. The topological polar surface area (TPSA) is 66.5 Å². The van der Waals surface area contributed by atoms with Gasteiger partial charge in [-0.25, -0.2) is 9.97 Å². The molecule has 2 aromatic heterocycles. The van der Waals surface area contributed by atoms with E-state index in [4.69, 9.17) is 0 Å². The average molecular weight is 349 g/mol. The molecule has 0 radical (unpaired) electrons. The van der Waals surface area contributed by atoms with Gasteiger partial charge >= 0.3 is 0 Å². The molecule has 27 heavy (non-hydrogen) atoms. The van der Waals surface area contributed by atoms with Gasteiger partial charge in [-0.2, -0.15) is 5.26 Å². The standard InChI is InChI=1S/C22H15N5/c1-14-18-7-6-17(8-16(18)10-25-14)27-12-21(20-11-24-13-26-22(20)27)19-5-3-2-4-15(19)9-23/h2-8,11-13,25H,1,10H2. The summed E-state index contributed by atoms with van der Waals surface area (Å²) in [4.78, 5) is 8.70. The fraction of sp³-hybridized carbons (Fsp3) is 0.0455. The van der Waals surface area contributed by atoms with Crippen molar-refractivity contribution in [2.45, 2.75) is 6.54 Å². The van der Waals surface area contributed by atoms with Crippen LogP contribution in [0.25, 0.3) is 33.5 Å². The van der Waals surface area contributed by atoms with E-state index in [9.17, 15) is 5.26 Å². The molecule has 5 nitrogen and oxygen atoms in total. The van der Waals surface area contributed by atoms with Gasteiger partial charge in [0, 0.05) is 52.4 Å². The van der Waals surface area contributed by atoms with Gasteiger partial charge in [0.2, 0.25) is 0 Å². The number of hydrogen-bond acceptors (Lipinski definition) is 4. The Morgan fingerprint density at radius 1 is 1.11 bits per heavy atom. The monoisotopic (exact) mass is 349 g/mol. The Balaban J connectivity index is 1.76. The van der Waals surface area contributed by atoms with E-state index in [1.165, 1.54) is 5.56 Å². The number of benzene rings is 2. The maximum Gasteiger partial charge on any atom is 0.148 e. The van der Waals surface area contributed by atoms with Crippen LogP contribution in [-0.2, 0) is 6.54 Å². The zero-order valence-corrected chi connectivity index (χ0v) is 14.5. The highest BCUT2D eigenvalue weighted by Gasteiger charge is 2.18. The lowest BCUT2D eigenvalue weighted by molar-refractivity contribution is 0.942. The third-order valence-electron chi connectivity index (χ3n) is 4.99. The predicted octanol–water partition coefficient (Wildman–Crippen LogP) is 4.03. The first kappa shape index (κ1) is 15.4. The van der Waals surface area contributed by atoms with Crippen LogP contribution in [0.1, 0.15) is 16.7 Å². The minimum absolute atomic E-state index is 0.634. The summed E-state index contributed by atoms with van der Waals surface area (Å²) in [6, 6.07) is 16.2. The number of nitrogens with zero attached hydrogens (tertiary/aromatic N) is 4. The molecule has 0 unspecified atom stereocenters. The van der Waals surface area contributed by atoms with Crippen LogP contribution < -0.4 is 5.32 Å². The second kappa shape index (κ2) is 5.82.